The molecular weight excluding hydrogens is 260 g/mol. The second-order valence-corrected chi connectivity index (χ2v) is 5.55. The van der Waals surface area contributed by atoms with Crippen molar-refractivity contribution in [3.63, 3.8) is 0 Å². The molecule has 0 fully saturated rings. The number of hydrogen-bond donors (Lipinski definition) is 2. The van der Waals surface area contributed by atoms with Crippen LogP contribution in [-0.2, 0) is 14.3 Å². The quantitative estimate of drug-likeness (QED) is 0.788. The van der Waals surface area contributed by atoms with Crippen LogP contribution in [0, 0.1) is 0 Å². The molecule has 1 rings (SSSR count). The van der Waals surface area contributed by atoms with Crippen molar-refractivity contribution in [2.24, 2.45) is 5.73 Å². The van der Waals surface area contributed by atoms with Crippen LogP contribution in [0.5, 0.6) is 0 Å². The highest BCUT2D eigenvalue weighted by Gasteiger charge is 2.32. The Labute approximate surface area is 118 Å². The maximum atomic E-state index is 12.3. The zero-order valence-corrected chi connectivity index (χ0v) is 11.9. The van der Waals surface area contributed by atoms with Gasteiger partial charge in [0.2, 0.25) is 0 Å². The molecule has 2 atom stereocenters. The minimum absolute atomic E-state index is 0.313. The smallest absolute Gasteiger partial charge is 0.315 e. The number of aliphatic carboxylic acids is 1. The molecule has 0 spiro atoms. The minimum atomic E-state index is -1.06. The highest BCUT2D eigenvalue weighted by Crippen LogP contribution is 2.24. The number of carbonyl (C=O) groups excluding carboxylic acids is 1. The lowest BCUT2D eigenvalue weighted by molar-refractivity contribution is -0.157. The van der Waals surface area contributed by atoms with Gasteiger partial charge >= 0.3 is 11.9 Å². The van der Waals surface area contributed by atoms with Crippen molar-refractivity contribution in [1.29, 1.82) is 0 Å². The third-order valence-corrected chi connectivity index (χ3v) is 2.56. The van der Waals surface area contributed by atoms with Gasteiger partial charge in [-0.05, 0) is 38.5 Å². The fraction of sp³-hybridized carbons (Fsp3) is 0.500. The Hall–Kier alpha value is -1.95. The predicted octanol–water partition coefficient (Wildman–Crippen LogP) is 1.31. The van der Waals surface area contributed by atoms with Crippen LogP contribution in [-0.4, -0.2) is 33.7 Å². The lowest BCUT2D eigenvalue weighted by Gasteiger charge is -2.26. The van der Waals surface area contributed by atoms with E-state index in [0.29, 0.717) is 5.56 Å². The standard InChI is InChI=1S/C14H20N2O4/c1-14(2,3)20-13(19)12(10(15)8-11(17)18)9-4-6-16-7-5-9/h4-7,10,12H,8,15H2,1-3H3,(H,17,18)/t10-,12-/m1/s1. The van der Waals surface area contributed by atoms with Gasteiger partial charge in [-0.1, -0.05) is 0 Å². The molecule has 6 heteroatoms. The van der Waals surface area contributed by atoms with Crippen LogP contribution in [0.25, 0.3) is 0 Å². The molecule has 110 valence electrons. The van der Waals surface area contributed by atoms with Crippen LogP contribution >= 0.6 is 0 Å². The predicted molar refractivity (Wildman–Crippen MR) is 73.1 cm³/mol. The van der Waals surface area contributed by atoms with E-state index in [0.717, 1.165) is 0 Å². The van der Waals surface area contributed by atoms with Gasteiger partial charge in [0, 0.05) is 18.4 Å². The molecule has 1 aromatic rings. The first kappa shape index (κ1) is 16.1. The van der Waals surface area contributed by atoms with Crippen molar-refractivity contribution in [2.45, 2.75) is 44.8 Å². The minimum Gasteiger partial charge on any atom is -0.481 e. The summed E-state index contributed by atoms with van der Waals surface area (Å²) in [6.45, 7) is 5.24. The number of hydrogen-bond acceptors (Lipinski definition) is 5. The molecule has 0 saturated carbocycles. The number of pyridine rings is 1. The van der Waals surface area contributed by atoms with Gasteiger partial charge in [0.05, 0.1) is 12.3 Å². The number of ether oxygens (including phenoxy) is 1. The van der Waals surface area contributed by atoms with Gasteiger partial charge < -0.3 is 15.6 Å². The number of esters is 1. The molecule has 0 amide bonds. The highest BCUT2D eigenvalue weighted by atomic mass is 16.6. The summed E-state index contributed by atoms with van der Waals surface area (Å²) in [5, 5.41) is 8.85. The summed E-state index contributed by atoms with van der Waals surface area (Å²) >= 11 is 0. The first-order chi connectivity index (χ1) is 9.20. The molecule has 6 nitrogen and oxygen atoms in total. The fourth-order valence-corrected chi connectivity index (χ4v) is 1.81. The Morgan fingerprint density at radius 1 is 1.35 bits per heavy atom. The van der Waals surface area contributed by atoms with Gasteiger partial charge in [0.1, 0.15) is 5.60 Å². The maximum Gasteiger partial charge on any atom is 0.315 e. The molecule has 3 N–H and O–H groups in total. The van der Waals surface area contributed by atoms with Crippen molar-refractivity contribution in [2.75, 3.05) is 0 Å². The first-order valence-electron chi connectivity index (χ1n) is 6.31. The van der Waals surface area contributed by atoms with E-state index in [4.69, 9.17) is 15.6 Å². The number of carbonyl (C=O) groups is 2. The van der Waals surface area contributed by atoms with Crippen molar-refractivity contribution < 1.29 is 19.4 Å². The molecule has 0 saturated heterocycles. The summed E-state index contributed by atoms with van der Waals surface area (Å²) < 4.78 is 5.32. The van der Waals surface area contributed by atoms with Crippen LogP contribution in [0.1, 0.15) is 38.7 Å². The molecule has 0 unspecified atom stereocenters. The van der Waals surface area contributed by atoms with E-state index in [2.05, 4.69) is 4.98 Å². The highest BCUT2D eigenvalue weighted by molar-refractivity contribution is 5.80. The summed E-state index contributed by atoms with van der Waals surface area (Å²) in [5.74, 6) is -2.41. The molecule has 0 aliphatic heterocycles. The zero-order chi connectivity index (χ0) is 15.3. The van der Waals surface area contributed by atoms with E-state index in [1.54, 1.807) is 32.9 Å². The first-order valence-corrected chi connectivity index (χ1v) is 6.31. The van der Waals surface area contributed by atoms with Gasteiger partial charge in [-0.3, -0.25) is 14.6 Å². The molecular formula is C14H20N2O4. The molecule has 1 aromatic heterocycles. The normalized spacial score (nSPS) is 14.4. The van der Waals surface area contributed by atoms with E-state index >= 15 is 0 Å². The van der Waals surface area contributed by atoms with Crippen molar-refractivity contribution >= 4 is 11.9 Å². The monoisotopic (exact) mass is 280 g/mol. The Morgan fingerprint density at radius 2 is 1.90 bits per heavy atom. The SMILES string of the molecule is CC(C)(C)OC(=O)[C@H](c1ccncc1)[C@H](N)CC(=O)O. The van der Waals surface area contributed by atoms with Crippen LogP contribution in [0.3, 0.4) is 0 Å². The van der Waals surface area contributed by atoms with E-state index in [1.807, 2.05) is 0 Å². The van der Waals surface area contributed by atoms with E-state index in [9.17, 15) is 9.59 Å². The zero-order valence-electron chi connectivity index (χ0n) is 11.9. The molecule has 1 heterocycles. The summed E-state index contributed by atoms with van der Waals surface area (Å²) in [4.78, 5) is 26.9. The number of nitrogens with zero attached hydrogens (tertiary/aromatic N) is 1. The molecule has 0 aliphatic rings. The second-order valence-electron chi connectivity index (χ2n) is 5.55. The third kappa shape index (κ3) is 4.97. The van der Waals surface area contributed by atoms with Gasteiger partial charge in [0.25, 0.3) is 0 Å². The maximum absolute atomic E-state index is 12.3. The third-order valence-electron chi connectivity index (χ3n) is 2.56. The van der Waals surface area contributed by atoms with Crippen LogP contribution in [0.15, 0.2) is 24.5 Å². The van der Waals surface area contributed by atoms with Crippen LogP contribution in [0.2, 0.25) is 0 Å². The summed E-state index contributed by atoms with van der Waals surface area (Å²) in [5.41, 5.74) is 5.81. The van der Waals surface area contributed by atoms with Gasteiger partial charge in [-0.2, -0.15) is 0 Å². The van der Waals surface area contributed by atoms with Crippen molar-refractivity contribution in [3.05, 3.63) is 30.1 Å². The molecule has 0 aromatic carbocycles. The van der Waals surface area contributed by atoms with Crippen molar-refractivity contribution in [3.8, 4) is 0 Å². The largest absolute Gasteiger partial charge is 0.481 e. The Bertz CT molecular complexity index is 468. The lowest BCUT2D eigenvalue weighted by atomic mass is 9.90. The fourth-order valence-electron chi connectivity index (χ4n) is 1.81. The Balaban J connectivity index is 3.02. The number of carboxylic acid groups (broad SMARTS) is 1. The second kappa shape index (κ2) is 6.47. The van der Waals surface area contributed by atoms with E-state index in [1.165, 1.54) is 12.4 Å². The average Bonchev–Trinajstić information content (AvgIpc) is 2.26. The van der Waals surface area contributed by atoms with E-state index < -0.39 is 29.5 Å². The van der Waals surface area contributed by atoms with Crippen molar-refractivity contribution in [1.82, 2.24) is 4.98 Å². The Morgan fingerprint density at radius 3 is 2.35 bits per heavy atom. The van der Waals surface area contributed by atoms with Crippen LogP contribution < -0.4 is 5.73 Å². The molecule has 0 radical (unpaired) electrons. The van der Waals surface area contributed by atoms with Crippen LogP contribution in [0.4, 0.5) is 0 Å². The molecule has 20 heavy (non-hydrogen) atoms. The molecule has 0 aliphatic carbocycles. The topological polar surface area (TPSA) is 103 Å². The van der Waals surface area contributed by atoms with Gasteiger partial charge in [-0.25, -0.2) is 0 Å². The summed E-state index contributed by atoms with van der Waals surface area (Å²) in [6, 6.07) is 2.41. The van der Waals surface area contributed by atoms with Gasteiger partial charge in [0.15, 0.2) is 0 Å². The number of rotatable bonds is 5. The summed E-state index contributed by atoms with van der Waals surface area (Å²) in [7, 11) is 0. The number of carboxylic acids is 1. The summed E-state index contributed by atoms with van der Waals surface area (Å²) in [6.07, 6.45) is 2.74. The average molecular weight is 280 g/mol. The molecule has 0 bridgehead atoms. The lowest BCUT2D eigenvalue weighted by Crippen LogP contribution is -2.39. The number of aromatic nitrogens is 1. The number of nitrogens with two attached hydrogens (primary N) is 1. The van der Waals surface area contributed by atoms with Gasteiger partial charge in [-0.15, -0.1) is 0 Å². The van der Waals surface area contributed by atoms with E-state index in [-0.39, 0.29) is 6.42 Å². The Kier molecular flexibility index (Phi) is 5.21.